The van der Waals surface area contributed by atoms with Gasteiger partial charge >= 0.3 is 0 Å². The van der Waals surface area contributed by atoms with Crippen LogP contribution in [0.15, 0.2) is 45.1 Å². The molecule has 0 saturated heterocycles. The first-order chi connectivity index (χ1) is 11.4. The van der Waals surface area contributed by atoms with E-state index in [0.29, 0.717) is 22.0 Å². The molecule has 0 spiro atoms. The maximum absolute atomic E-state index is 12.6. The number of hydrogen-bond donors (Lipinski definition) is 1. The van der Waals surface area contributed by atoms with Crippen molar-refractivity contribution in [1.82, 2.24) is 10.1 Å². The van der Waals surface area contributed by atoms with E-state index in [9.17, 15) is 13.2 Å². The number of hydrogen-bond acceptors (Lipinski definition) is 7. The fourth-order valence-electron chi connectivity index (χ4n) is 2.03. The number of nitrogens with zero attached hydrogens (tertiary/aromatic N) is 2. The van der Waals surface area contributed by atoms with Crippen LogP contribution in [0, 0.1) is 6.92 Å². The molecule has 0 aliphatic heterocycles. The first-order valence-corrected chi connectivity index (χ1v) is 9.25. The first kappa shape index (κ1) is 16.3. The number of aryl methyl sites for hydroxylation is 1. The molecule has 0 bridgehead atoms. The third-order valence-corrected chi connectivity index (χ3v) is 5.45. The third-order valence-electron chi connectivity index (χ3n) is 3.18. The zero-order chi connectivity index (χ0) is 17.3. The van der Waals surface area contributed by atoms with E-state index in [1.165, 1.54) is 36.5 Å². The maximum atomic E-state index is 12.6. The van der Waals surface area contributed by atoms with Crippen molar-refractivity contribution >= 4 is 32.8 Å². The average Bonchev–Trinajstić information content (AvgIpc) is 3.15. The predicted molar refractivity (Wildman–Crippen MR) is 89.6 cm³/mol. The zero-order valence-electron chi connectivity index (χ0n) is 12.8. The lowest BCUT2D eigenvalue weighted by molar-refractivity contribution is 0.101. The quantitative estimate of drug-likeness (QED) is 0.699. The number of carbonyl (C=O) groups is 1. The number of ketones is 1. The molecule has 0 atom stereocenters. The van der Waals surface area contributed by atoms with Gasteiger partial charge in [-0.05, 0) is 37.4 Å². The molecule has 24 heavy (non-hydrogen) atoms. The summed E-state index contributed by atoms with van der Waals surface area (Å²) < 4.78 is 32.7. The lowest BCUT2D eigenvalue weighted by atomic mass is 10.2. The summed E-state index contributed by atoms with van der Waals surface area (Å²) in [6.45, 7) is 3.06. The van der Waals surface area contributed by atoms with Crippen LogP contribution in [0.2, 0.25) is 0 Å². The number of anilines is 1. The lowest BCUT2D eigenvalue weighted by Gasteiger charge is -2.08. The summed E-state index contributed by atoms with van der Waals surface area (Å²) >= 11 is 1.28. The van der Waals surface area contributed by atoms with Crippen LogP contribution >= 0.6 is 11.3 Å². The van der Waals surface area contributed by atoms with Crippen LogP contribution < -0.4 is 4.72 Å². The molecule has 1 aromatic carbocycles. The summed E-state index contributed by atoms with van der Waals surface area (Å²) in [6, 6.07) is 7.48. The highest BCUT2D eigenvalue weighted by Gasteiger charge is 2.20. The number of nitrogens with one attached hydrogen (secondary N) is 1. The monoisotopic (exact) mass is 363 g/mol. The molecular formula is C15H13N3O4S2. The predicted octanol–water partition coefficient (Wildman–Crippen LogP) is 3.11. The van der Waals surface area contributed by atoms with E-state index < -0.39 is 10.0 Å². The molecule has 1 N–H and O–H groups in total. The molecule has 0 fully saturated rings. The molecule has 3 aromatic rings. The Balaban J connectivity index is 1.95. The smallest absolute Gasteiger partial charge is 0.270 e. The van der Waals surface area contributed by atoms with Gasteiger partial charge in [-0.2, -0.15) is 4.98 Å². The van der Waals surface area contributed by atoms with Gasteiger partial charge in [0.25, 0.3) is 15.9 Å². The maximum Gasteiger partial charge on any atom is 0.270 e. The SMILES string of the molecule is CC(=O)c1cccc(S(=O)(=O)Nc2ccsc2-c2nc(C)no2)c1. The Morgan fingerprint density at radius 2 is 2.08 bits per heavy atom. The van der Waals surface area contributed by atoms with Gasteiger partial charge < -0.3 is 4.52 Å². The van der Waals surface area contributed by atoms with Gasteiger partial charge in [-0.3, -0.25) is 9.52 Å². The Morgan fingerprint density at radius 3 is 2.75 bits per heavy atom. The first-order valence-electron chi connectivity index (χ1n) is 6.89. The van der Waals surface area contributed by atoms with Gasteiger partial charge in [-0.15, -0.1) is 11.3 Å². The molecular weight excluding hydrogens is 350 g/mol. The van der Waals surface area contributed by atoms with Gasteiger partial charge in [-0.25, -0.2) is 8.42 Å². The number of rotatable bonds is 5. The van der Waals surface area contributed by atoms with Gasteiger partial charge in [0.1, 0.15) is 4.88 Å². The molecule has 0 aliphatic rings. The van der Waals surface area contributed by atoms with E-state index in [1.54, 1.807) is 24.4 Å². The minimum atomic E-state index is -3.85. The van der Waals surface area contributed by atoms with E-state index in [-0.39, 0.29) is 16.6 Å². The summed E-state index contributed by atoms with van der Waals surface area (Å²) in [5.41, 5.74) is 0.674. The van der Waals surface area contributed by atoms with E-state index in [4.69, 9.17) is 4.52 Å². The molecule has 2 heterocycles. The van der Waals surface area contributed by atoms with Crippen LogP contribution in [0.4, 0.5) is 5.69 Å². The number of thiophene rings is 1. The number of Topliss-reactive ketones (excluding diaryl/α,β-unsaturated/α-hetero) is 1. The normalized spacial score (nSPS) is 11.4. The van der Waals surface area contributed by atoms with E-state index in [0.717, 1.165) is 0 Å². The second kappa shape index (κ2) is 6.17. The van der Waals surface area contributed by atoms with Gasteiger partial charge in [-0.1, -0.05) is 17.3 Å². The van der Waals surface area contributed by atoms with Crippen molar-refractivity contribution in [2.24, 2.45) is 0 Å². The Kier molecular flexibility index (Phi) is 4.20. The largest absolute Gasteiger partial charge is 0.333 e. The highest BCUT2D eigenvalue weighted by molar-refractivity contribution is 7.92. The molecule has 0 amide bonds. The molecule has 3 rings (SSSR count). The highest BCUT2D eigenvalue weighted by atomic mass is 32.2. The van der Waals surface area contributed by atoms with Crippen LogP contribution in [0.5, 0.6) is 0 Å². The van der Waals surface area contributed by atoms with Crippen molar-refractivity contribution in [3.05, 3.63) is 47.1 Å². The molecule has 7 nitrogen and oxygen atoms in total. The second-order valence-corrected chi connectivity index (χ2v) is 7.60. The number of carbonyl (C=O) groups excluding carboxylic acids is 1. The molecule has 0 unspecified atom stereocenters. The van der Waals surface area contributed by atoms with Crippen molar-refractivity contribution in [1.29, 1.82) is 0 Å². The molecule has 124 valence electrons. The van der Waals surface area contributed by atoms with E-state index in [2.05, 4.69) is 14.9 Å². The summed E-state index contributed by atoms with van der Waals surface area (Å²) in [5, 5.41) is 5.43. The number of sulfonamides is 1. The van der Waals surface area contributed by atoms with Crippen molar-refractivity contribution in [3.63, 3.8) is 0 Å². The molecule has 2 aromatic heterocycles. The number of benzene rings is 1. The van der Waals surface area contributed by atoms with Gasteiger partial charge in [0.15, 0.2) is 11.6 Å². The van der Waals surface area contributed by atoms with Gasteiger partial charge in [0.2, 0.25) is 0 Å². The fourth-order valence-corrected chi connectivity index (χ4v) is 3.98. The van der Waals surface area contributed by atoms with Crippen LogP contribution in [0.3, 0.4) is 0 Å². The molecule has 0 radical (unpaired) electrons. The summed E-state index contributed by atoms with van der Waals surface area (Å²) in [7, 11) is -3.85. The minimum Gasteiger partial charge on any atom is -0.333 e. The van der Waals surface area contributed by atoms with Gasteiger partial charge in [0, 0.05) is 5.56 Å². The molecule has 9 heteroatoms. The second-order valence-electron chi connectivity index (χ2n) is 5.00. The summed E-state index contributed by atoms with van der Waals surface area (Å²) in [4.78, 5) is 16.1. The average molecular weight is 363 g/mol. The Hall–Kier alpha value is -2.52. The third kappa shape index (κ3) is 3.22. The Morgan fingerprint density at radius 1 is 1.29 bits per heavy atom. The van der Waals surface area contributed by atoms with Crippen molar-refractivity contribution in [3.8, 4) is 10.8 Å². The van der Waals surface area contributed by atoms with Crippen LogP contribution in [-0.2, 0) is 10.0 Å². The topological polar surface area (TPSA) is 102 Å². The van der Waals surface area contributed by atoms with E-state index in [1.807, 2.05) is 0 Å². The lowest BCUT2D eigenvalue weighted by Crippen LogP contribution is -2.13. The highest BCUT2D eigenvalue weighted by Crippen LogP contribution is 2.33. The molecule has 0 aliphatic carbocycles. The van der Waals surface area contributed by atoms with Crippen LogP contribution in [-0.4, -0.2) is 24.3 Å². The summed E-state index contributed by atoms with van der Waals surface area (Å²) in [5.74, 6) is 0.503. The summed E-state index contributed by atoms with van der Waals surface area (Å²) in [6.07, 6.45) is 0. The van der Waals surface area contributed by atoms with Crippen molar-refractivity contribution in [2.45, 2.75) is 18.7 Å². The van der Waals surface area contributed by atoms with Crippen LogP contribution in [0.1, 0.15) is 23.1 Å². The fraction of sp³-hybridized carbons (Fsp3) is 0.133. The van der Waals surface area contributed by atoms with Crippen molar-refractivity contribution < 1.29 is 17.7 Å². The number of aromatic nitrogens is 2. The Bertz CT molecular complexity index is 1010. The molecule has 0 saturated carbocycles. The van der Waals surface area contributed by atoms with Crippen LogP contribution in [0.25, 0.3) is 10.8 Å². The minimum absolute atomic E-state index is 0.00839. The zero-order valence-corrected chi connectivity index (χ0v) is 14.4. The Labute approximate surface area is 142 Å². The van der Waals surface area contributed by atoms with Gasteiger partial charge in [0.05, 0.1) is 10.6 Å². The van der Waals surface area contributed by atoms with Crippen molar-refractivity contribution in [2.75, 3.05) is 4.72 Å². The van der Waals surface area contributed by atoms with E-state index >= 15 is 0 Å². The standard InChI is InChI=1S/C15H13N3O4S2/c1-9(19)11-4-3-5-12(8-11)24(20,21)18-13-6-7-23-14(13)15-16-10(2)17-22-15/h3-8,18H,1-2H3.